The predicted molar refractivity (Wildman–Crippen MR) is 79.0 cm³/mol. The second-order valence-electron chi connectivity index (χ2n) is 4.61. The number of carbonyl (C=O) groups excluding carboxylic acids is 1. The lowest BCUT2D eigenvalue weighted by molar-refractivity contribution is 0.101. The van der Waals surface area contributed by atoms with Gasteiger partial charge >= 0.3 is 0 Å². The third kappa shape index (κ3) is 2.26. The maximum absolute atomic E-state index is 11.7. The van der Waals surface area contributed by atoms with E-state index in [2.05, 4.69) is 5.10 Å². The summed E-state index contributed by atoms with van der Waals surface area (Å²) in [7, 11) is 0. The topological polar surface area (TPSA) is 34.9 Å². The van der Waals surface area contributed by atoms with Gasteiger partial charge in [-0.25, -0.2) is 4.68 Å². The molecule has 0 unspecified atom stereocenters. The number of hydrogen-bond donors (Lipinski definition) is 0. The molecule has 3 heteroatoms. The highest BCUT2D eigenvalue weighted by atomic mass is 16.1. The van der Waals surface area contributed by atoms with Gasteiger partial charge in [-0.1, -0.05) is 42.5 Å². The van der Waals surface area contributed by atoms with Gasteiger partial charge in [-0.3, -0.25) is 4.79 Å². The molecule has 0 fully saturated rings. The number of benzene rings is 2. The number of aromatic nitrogens is 2. The normalized spacial score (nSPS) is 10.4. The lowest BCUT2D eigenvalue weighted by Crippen LogP contribution is -1.95. The summed E-state index contributed by atoms with van der Waals surface area (Å²) < 4.78 is 1.81. The van der Waals surface area contributed by atoms with E-state index in [0.717, 1.165) is 22.4 Å². The summed E-state index contributed by atoms with van der Waals surface area (Å²) >= 11 is 0. The van der Waals surface area contributed by atoms with Crippen molar-refractivity contribution in [2.24, 2.45) is 0 Å². The van der Waals surface area contributed by atoms with Gasteiger partial charge in [0.25, 0.3) is 0 Å². The van der Waals surface area contributed by atoms with E-state index in [-0.39, 0.29) is 5.78 Å². The Morgan fingerprint density at radius 1 is 1.00 bits per heavy atom. The molecule has 0 aliphatic rings. The number of ketones is 1. The van der Waals surface area contributed by atoms with Crippen molar-refractivity contribution in [2.75, 3.05) is 0 Å². The maximum atomic E-state index is 11.7. The van der Waals surface area contributed by atoms with Crippen molar-refractivity contribution in [2.45, 2.75) is 6.92 Å². The minimum absolute atomic E-state index is 0.0630. The van der Waals surface area contributed by atoms with Crippen LogP contribution in [0.1, 0.15) is 17.3 Å². The van der Waals surface area contributed by atoms with Crippen molar-refractivity contribution in [3.8, 4) is 16.8 Å². The van der Waals surface area contributed by atoms with E-state index in [1.165, 1.54) is 0 Å². The zero-order chi connectivity index (χ0) is 13.9. The first-order valence-corrected chi connectivity index (χ1v) is 6.46. The Kier molecular flexibility index (Phi) is 3.17. The predicted octanol–water partition coefficient (Wildman–Crippen LogP) is 3.74. The smallest absolute Gasteiger partial charge is 0.160 e. The molecule has 0 aliphatic carbocycles. The lowest BCUT2D eigenvalue weighted by Gasteiger charge is -2.04. The Morgan fingerprint density at radius 3 is 2.45 bits per heavy atom. The Hall–Kier alpha value is -2.68. The van der Waals surface area contributed by atoms with E-state index in [9.17, 15) is 4.79 Å². The number of nitrogens with zero attached hydrogens (tertiary/aromatic N) is 2. The van der Waals surface area contributed by atoms with Gasteiger partial charge in [0.1, 0.15) is 0 Å². The average Bonchev–Trinajstić information content (AvgIpc) is 2.98. The molecule has 3 aromatic rings. The molecular weight excluding hydrogens is 248 g/mol. The van der Waals surface area contributed by atoms with Crippen LogP contribution in [0.2, 0.25) is 0 Å². The van der Waals surface area contributed by atoms with E-state index in [4.69, 9.17) is 0 Å². The third-order valence-corrected chi connectivity index (χ3v) is 3.22. The average molecular weight is 262 g/mol. The summed E-state index contributed by atoms with van der Waals surface area (Å²) in [5.41, 5.74) is 3.58. The van der Waals surface area contributed by atoms with Crippen molar-refractivity contribution in [3.63, 3.8) is 0 Å². The molecule has 1 heterocycles. The summed E-state index contributed by atoms with van der Waals surface area (Å²) in [6, 6.07) is 17.5. The maximum Gasteiger partial charge on any atom is 0.160 e. The van der Waals surface area contributed by atoms with Gasteiger partial charge < -0.3 is 0 Å². The van der Waals surface area contributed by atoms with Crippen LogP contribution in [0.3, 0.4) is 0 Å². The fraction of sp³-hybridized carbons (Fsp3) is 0.0588. The minimum atomic E-state index is 0.0630. The number of carbonyl (C=O) groups is 1. The molecule has 98 valence electrons. The molecule has 1 aromatic heterocycles. The Morgan fingerprint density at radius 2 is 1.70 bits per heavy atom. The first-order valence-electron chi connectivity index (χ1n) is 6.46. The van der Waals surface area contributed by atoms with Gasteiger partial charge in [-0.15, -0.1) is 0 Å². The molecule has 20 heavy (non-hydrogen) atoms. The van der Waals surface area contributed by atoms with Crippen LogP contribution in [0.25, 0.3) is 16.8 Å². The quantitative estimate of drug-likeness (QED) is 0.674. The number of rotatable bonds is 3. The summed E-state index contributed by atoms with van der Waals surface area (Å²) in [6.45, 7) is 1.58. The minimum Gasteiger partial charge on any atom is -0.294 e. The van der Waals surface area contributed by atoms with Crippen molar-refractivity contribution in [1.29, 1.82) is 0 Å². The van der Waals surface area contributed by atoms with Crippen LogP contribution < -0.4 is 0 Å². The zero-order valence-corrected chi connectivity index (χ0v) is 11.2. The molecule has 0 amide bonds. The largest absolute Gasteiger partial charge is 0.294 e. The highest BCUT2D eigenvalue weighted by Gasteiger charge is 2.10. The van der Waals surface area contributed by atoms with Crippen LogP contribution >= 0.6 is 0 Å². The molecule has 0 saturated carbocycles. The van der Waals surface area contributed by atoms with E-state index in [1.807, 2.05) is 65.5 Å². The van der Waals surface area contributed by atoms with E-state index in [1.54, 1.807) is 13.1 Å². The van der Waals surface area contributed by atoms with Crippen molar-refractivity contribution in [3.05, 3.63) is 72.6 Å². The zero-order valence-electron chi connectivity index (χ0n) is 11.2. The number of para-hydroxylation sites is 1. The van der Waals surface area contributed by atoms with E-state index < -0.39 is 0 Å². The SMILES string of the molecule is CC(=O)c1ccccc1-c1cnn(-c2ccccc2)c1. The van der Waals surface area contributed by atoms with Gasteiger partial charge in [0.15, 0.2) is 5.78 Å². The molecule has 0 spiro atoms. The van der Waals surface area contributed by atoms with Crippen LogP contribution in [0.4, 0.5) is 0 Å². The molecule has 0 N–H and O–H groups in total. The summed E-state index contributed by atoms with van der Waals surface area (Å²) in [5, 5.41) is 4.37. The molecule has 0 atom stereocenters. The highest BCUT2D eigenvalue weighted by Crippen LogP contribution is 2.24. The van der Waals surface area contributed by atoms with Crippen LogP contribution in [-0.2, 0) is 0 Å². The summed E-state index contributed by atoms with van der Waals surface area (Å²) in [4.78, 5) is 11.7. The third-order valence-electron chi connectivity index (χ3n) is 3.22. The second-order valence-corrected chi connectivity index (χ2v) is 4.61. The van der Waals surface area contributed by atoms with Crippen LogP contribution in [0.5, 0.6) is 0 Å². The molecule has 0 radical (unpaired) electrons. The Balaban J connectivity index is 2.05. The summed E-state index contributed by atoms with van der Waals surface area (Å²) in [5.74, 6) is 0.0630. The fourth-order valence-electron chi connectivity index (χ4n) is 2.23. The molecule has 2 aromatic carbocycles. The monoisotopic (exact) mass is 262 g/mol. The molecular formula is C17H14N2O. The lowest BCUT2D eigenvalue weighted by atomic mass is 10.0. The summed E-state index contributed by atoms with van der Waals surface area (Å²) in [6.07, 6.45) is 3.73. The Bertz CT molecular complexity index is 744. The molecule has 3 rings (SSSR count). The Labute approximate surface area is 117 Å². The van der Waals surface area contributed by atoms with Crippen LogP contribution in [0.15, 0.2) is 67.0 Å². The first kappa shape index (κ1) is 12.4. The molecule has 0 saturated heterocycles. The van der Waals surface area contributed by atoms with Gasteiger partial charge in [-0.05, 0) is 24.6 Å². The molecule has 3 nitrogen and oxygen atoms in total. The van der Waals surface area contributed by atoms with Gasteiger partial charge in [0, 0.05) is 17.3 Å². The van der Waals surface area contributed by atoms with Gasteiger partial charge in [-0.2, -0.15) is 5.10 Å². The van der Waals surface area contributed by atoms with Gasteiger partial charge in [0.2, 0.25) is 0 Å². The van der Waals surface area contributed by atoms with Crippen LogP contribution in [-0.4, -0.2) is 15.6 Å². The van der Waals surface area contributed by atoms with Crippen molar-refractivity contribution in [1.82, 2.24) is 9.78 Å². The fourth-order valence-corrected chi connectivity index (χ4v) is 2.23. The standard InChI is InChI=1S/C17H14N2O/c1-13(20)16-9-5-6-10-17(16)14-11-18-19(12-14)15-7-3-2-4-8-15/h2-12H,1H3. The van der Waals surface area contributed by atoms with E-state index in [0.29, 0.717) is 0 Å². The number of Topliss-reactive ketones (excluding diaryl/α,β-unsaturated/α-hetero) is 1. The van der Waals surface area contributed by atoms with Crippen LogP contribution in [0, 0.1) is 0 Å². The molecule has 0 aliphatic heterocycles. The first-order chi connectivity index (χ1) is 9.75. The number of hydrogen-bond acceptors (Lipinski definition) is 2. The molecule has 0 bridgehead atoms. The second kappa shape index (κ2) is 5.13. The van der Waals surface area contributed by atoms with Crippen molar-refractivity contribution < 1.29 is 4.79 Å². The van der Waals surface area contributed by atoms with E-state index >= 15 is 0 Å². The highest BCUT2D eigenvalue weighted by molar-refractivity contribution is 6.00. The van der Waals surface area contributed by atoms with Crippen molar-refractivity contribution >= 4 is 5.78 Å². The van der Waals surface area contributed by atoms with Gasteiger partial charge in [0.05, 0.1) is 11.9 Å².